The van der Waals surface area contributed by atoms with Gasteiger partial charge in [0.05, 0.1) is 18.7 Å². The summed E-state index contributed by atoms with van der Waals surface area (Å²) in [4.78, 5) is 5.42. The molecule has 0 bridgehead atoms. The van der Waals surface area contributed by atoms with E-state index in [0.29, 0.717) is 16.7 Å². The number of nitrogens with two attached hydrogens (primary N) is 1. The van der Waals surface area contributed by atoms with E-state index in [1.165, 1.54) is 35.9 Å². The van der Waals surface area contributed by atoms with Crippen LogP contribution in [0.15, 0.2) is 42.6 Å². The standard InChI is InChI=1S/C22H20F4N6O2/c1-34-13-4-2-11-6-14(23)19(28-16(11)7-13)21-30-29-18-5-3-12(8-32(18)21)20(22(24,25)26)31-9-15(27)17(33)10-31/h2-8,15,17,20,33H,9-10,27H2,1H3/t15-,17+,20-/m1/s1. The fourth-order valence-electron chi connectivity index (χ4n) is 4.30. The van der Waals surface area contributed by atoms with E-state index >= 15 is 0 Å². The van der Waals surface area contributed by atoms with E-state index in [1.807, 2.05) is 0 Å². The number of aliphatic hydroxyl groups excluding tert-OH is 1. The van der Waals surface area contributed by atoms with Crippen molar-refractivity contribution in [2.45, 2.75) is 24.4 Å². The first kappa shape index (κ1) is 22.4. The molecule has 3 N–H and O–H groups in total. The van der Waals surface area contributed by atoms with Crippen LogP contribution in [0, 0.1) is 5.82 Å². The Kier molecular flexibility index (Phi) is 5.38. The first-order chi connectivity index (χ1) is 16.2. The minimum absolute atomic E-state index is 0.0434. The second-order valence-electron chi connectivity index (χ2n) is 8.22. The molecule has 12 heteroatoms. The minimum Gasteiger partial charge on any atom is -0.497 e. The third-order valence-corrected chi connectivity index (χ3v) is 5.97. The van der Waals surface area contributed by atoms with Gasteiger partial charge in [-0.15, -0.1) is 10.2 Å². The number of ether oxygens (including phenoxy) is 1. The summed E-state index contributed by atoms with van der Waals surface area (Å²) in [5.74, 6) is -0.221. The summed E-state index contributed by atoms with van der Waals surface area (Å²) in [6, 6.07) is 6.07. The molecule has 34 heavy (non-hydrogen) atoms. The Morgan fingerprint density at radius 1 is 1.15 bits per heavy atom. The smallest absolute Gasteiger partial charge is 0.408 e. The zero-order valence-electron chi connectivity index (χ0n) is 17.9. The molecule has 178 valence electrons. The maximum Gasteiger partial charge on any atom is 0.408 e. The fourth-order valence-corrected chi connectivity index (χ4v) is 4.30. The molecule has 0 saturated carbocycles. The largest absolute Gasteiger partial charge is 0.497 e. The quantitative estimate of drug-likeness (QED) is 0.437. The summed E-state index contributed by atoms with van der Waals surface area (Å²) < 4.78 is 63.7. The first-order valence-electron chi connectivity index (χ1n) is 10.4. The number of aliphatic hydroxyl groups is 1. The van der Waals surface area contributed by atoms with Gasteiger partial charge in [-0.3, -0.25) is 9.30 Å². The number of fused-ring (bicyclic) bond motifs is 2. The predicted octanol–water partition coefficient (Wildman–Crippen LogP) is 2.70. The van der Waals surface area contributed by atoms with Gasteiger partial charge in [-0.05, 0) is 29.8 Å². The molecule has 8 nitrogen and oxygen atoms in total. The summed E-state index contributed by atoms with van der Waals surface area (Å²) in [5.41, 5.74) is 6.12. The van der Waals surface area contributed by atoms with Crippen molar-refractivity contribution in [1.29, 1.82) is 0 Å². The Morgan fingerprint density at radius 3 is 2.62 bits per heavy atom. The third-order valence-electron chi connectivity index (χ3n) is 5.97. The Bertz CT molecular complexity index is 1370. The number of rotatable bonds is 4. The number of methoxy groups -OCH3 is 1. The lowest BCUT2D eigenvalue weighted by Crippen LogP contribution is -2.38. The molecule has 0 unspecified atom stereocenters. The molecule has 1 aliphatic heterocycles. The van der Waals surface area contributed by atoms with Crippen molar-refractivity contribution in [3.8, 4) is 17.3 Å². The molecule has 1 aliphatic rings. The number of β-amino-alcohol motifs (C(OH)–C–C–N with tert-alkyl or cyclic N) is 1. The molecule has 3 aromatic heterocycles. The lowest BCUT2D eigenvalue weighted by molar-refractivity contribution is -0.184. The van der Waals surface area contributed by atoms with E-state index in [0.717, 1.165) is 4.90 Å². The van der Waals surface area contributed by atoms with Gasteiger partial charge < -0.3 is 15.6 Å². The monoisotopic (exact) mass is 476 g/mol. The van der Waals surface area contributed by atoms with Crippen molar-refractivity contribution in [2.24, 2.45) is 5.73 Å². The van der Waals surface area contributed by atoms with Gasteiger partial charge in [0.25, 0.3) is 0 Å². The maximum absolute atomic E-state index is 15.0. The van der Waals surface area contributed by atoms with Crippen molar-refractivity contribution < 1.29 is 27.4 Å². The van der Waals surface area contributed by atoms with Crippen molar-refractivity contribution in [2.75, 3.05) is 20.2 Å². The van der Waals surface area contributed by atoms with E-state index in [1.54, 1.807) is 18.2 Å². The molecule has 1 saturated heterocycles. The maximum atomic E-state index is 15.0. The molecule has 1 aromatic carbocycles. The molecule has 1 fully saturated rings. The molecule has 3 atom stereocenters. The van der Waals surface area contributed by atoms with E-state index in [-0.39, 0.29) is 35.8 Å². The number of aromatic nitrogens is 4. The van der Waals surface area contributed by atoms with E-state index in [9.17, 15) is 22.7 Å². The number of hydrogen-bond acceptors (Lipinski definition) is 7. The second-order valence-corrected chi connectivity index (χ2v) is 8.22. The van der Waals surface area contributed by atoms with Crippen LogP contribution in [-0.4, -0.2) is 68.1 Å². The van der Waals surface area contributed by atoms with Gasteiger partial charge in [0.15, 0.2) is 17.3 Å². The SMILES string of the molecule is COc1ccc2cc(F)c(-c3nnc4ccc([C@@H](N5C[C@@H](N)[C@@H](O)C5)C(F)(F)F)cn34)nc2c1. The number of hydrogen-bond donors (Lipinski definition) is 2. The lowest BCUT2D eigenvalue weighted by Gasteiger charge is -2.29. The Hall–Kier alpha value is -3.35. The number of alkyl halides is 3. The summed E-state index contributed by atoms with van der Waals surface area (Å²) in [6.45, 7) is -0.345. The normalized spacial score (nSPS) is 20.3. The number of benzene rings is 1. The van der Waals surface area contributed by atoms with Gasteiger partial charge >= 0.3 is 6.18 Å². The highest BCUT2D eigenvalue weighted by molar-refractivity contribution is 5.82. The molecule has 5 rings (SSSR count). The third kappa shape index (κ3) is 3.83. The first-order valence-corrected chi connectivity index (χ1v) is 10.4. The highest BCUT2D eigenvalue weighted by Crippen LogP contribution is 2.39. The molecular weight excluding hydrogens is 456 g/mol. The fraction of sp³-hybridized carbons (Fsp3) is 0.318. The van der Waals surface area contributed by atoms with Gasteiger partial charge in [-0.25, -0.2) is 9.37 Å². The topological polar surface area (TPSA) is 102 Å². The van der Waals surface area contributed by atoms with Crippen LogP contribution in [-0.2, 0) is 0 Å². The zero-order valence-corrected chi connectivity index (χ0v) is 17.9. The van der Waals surface area contributed by atoms with Crippen molar-refractivity contribution in [3.05, 3.63) is 54.0 Å². The average molecular weight is 476 g/mol. The Balaban J connectivity index is 1.63. The van der Waals surface area contributed by atoms with Crippen molar-refractivity contribution >= 4 is 16.6 Å². The molecule has 0 spiro atoms. The van der Waals surface area contributed by atoms with Crippen LogP contribution in [0.25, 0.3) is 28.1 Å². The zero-order chi connectivity index (χ0) is 24.2. The van der Waals surface area contributed by atoms with Gasteiger partial charge in [0, 0.05) is 36.8 Å². The molecular formula is C22H20F4N6O2. The van der Waals surface area contributed by atoms with Gasteiger partial charge in [-0.2, -0.15) is 13.2 Å². The highest BCUT2D eigenvalue weighted by atomic mass is 19.4. The van der Waals surface area contributed by atoms with Crippen LogP contribution in [0.3, 0.4) is 0 Å². The van der Waals surface area contributed by atoms with Crippen LogP contribution < -0.4 is 10.5 Å². The summed E-state index contributed by atoms with van der Waals surface area (Å²) in [6.07, 6.45) is -4.49. The summed E-state index contributed by atoms with van der Waals surface area (Å²) in [5, 5.41) is 18.4. The minimum atomic E-state index is -4.64. The molecule has 4 aromatic rings. The van der Waals surface area contributed by atoms with Crippen molar-refractivity contribution in [3.63, 3.8) is 0 Å². The van der Waals surface area contributed by atoms with Crippen LogP contribution in [0.2, 0.25) is 0 Å². The molecule has 0 amide bonds. The number of pyridine rings is 2. The number of likely N-dealkylation sites (tertiary alicyclic amines) is 1. The van der Waals surface area contributed by atoms with E-state index in [2.05, 4.69) is 15.2 Å². The Labute approximate surface area is 190 Å². The molecule has 0 aliphatic carbocycles. The van der Waals surface area contributed by atoms with Crippen LogP contribution in [0.1, 0.15) is 11.6 Å². The van der Waals surface area contributed by atoms with Gasteiger partial charge in [0.2, 0.25) is 0 Å². The van der Waals surface area contributed by atoms with Crippen LogP contribution in [0.4, 0.5) is 17.6 Å². The second kappa shape index (κ2) is 8.15. The molecule has 4 heterocycles. The number of nitrogens with zero attached hydrogens (tertiary/aromatic N) is 5. The average Bonchev–Trinajstić information content (AvgIpc) is 3.34. The van der Waals surface area contributed by atoms with E-state index in [4.69, 9.17) is 10.5 Å². The number of halogens is 4. The predicted molar refractivity (Wildman–Crippen MR) is 115 cm³/mol. The van der Waals surface area contributed by atoms with Crippen molar-refractivity contribution in [1.82, 2.24) is 24.5 Å². The van der Waals surface area contributed by atoms with Crippen LogP contribution >= 0.6 is 0 Å². The summed E-state index contributed by atoms with van der Waals surface area (Å²) in [7, 11) is 1.49. The van der Waals surface area contributed by atoms with E-state index < -0.39 is 30.2 Å². The Morgan fingerprint density at radius 2 is 1.94 bits per heavy atom. The van der Waals surface area contributed by atoms with Gasteiger partial charge in [0.1, 0.15) is 17.5 Å². The highest BCUT2D eigenvalue weighted by Gasteiger charge is 2.48. The lowest BCUT2D eigenvalue weighted by atomic mass is 10.1. The summed E-state index contributed by atoms with van der Waals surface area (Å²) >= 11 is 0. The van der Waals surface area contributed by atoms with Crippen LogP contribution in [0.5, 0.6) is 5.75 Å². The molecule has 0 radical (unpaired) electrons. The van der Waals surface area contributed by atoms with Gasteiger partial charge in [-0.1, -0.05) is 6.07 Å².